The summed E-state index contributed by atoms with van der Waals surface area (Å²) in [6.45, 7) is 3.96. The summed E-state index contributed by atoms with van der Waals surface area (Å²) < 4.78 is 0. The summed E-state index contributed by atoms with van der Waals surface area (Å²) in [5, 5.41) is 5.41. The molecule has 0 fully saturated rings. The molecule has 3 rings (SSSR count). The average molecular weight is 264 g/mol. The number of nitrogens with zero attached hydrogens (tertiary/aromatic N) is 3. The minimum Gasteiger partial charge on any atom is -0.373 e. The third-order valence-corrected chi connectivity index (χ3v) is 3.43. The number of aromatic nitrogens is 3. The maximum atomic E-state index is 4.63. The third kappa shape index (κ3) is 1.99. The van der Waals surface area contributed by atoms with Crippen molar-refractivity contribution < 1.29 is 0 Å². The number of nitrogens with one attached hydrogen (secondary N) is 1. The standard InChI is InChI=1S/C16H16N4/c1-10-15(19-11(2)20-16(10)17-3)14-6-4-5-12-9-18-8-7-13(12)14/h4-9H,1-3H3,(H,17,19,20). The van der Waals surface area contributed by atoms with E-state index < -0.39 is 0 Å². The lowest BCUT2D eigenvalue weighted by Crippen LogP contribution is -2.03. The highest BCUT2D eigenvalue weighted by Gasteiger charge is 2.12. The Labute approximate surface area is 117 Å². The van der Waals surface area contributed by atoms with Crippen molar-refractivity contribution in [3.63, 3.8) is 0 Å². The number of fused-ring (bicyclic) bond motifs is 1. The molecule has 0 amide bonds. The SMILES string of the molecule is CNc1nc(C)nc(-c2cccc3cnccc23)c1C. The Kier molecular flexibility index (Phi) is 3.06. The molecule has 20 heavy (non-hydrogen) atoms. The monoisotopic (exact) mass is 264 g/mol. The van der Waals surface area contributed by atoms with Crippen LogP contribution in [0.4, 0.5) is 5.82 Å². The summed E-state index contributed by atoms with van der Waals surface area (Å²) in [6, 6.07) is 8.22. The summed E-state index contributed by atoms with van der Waals surface area (Å²) in [6.07, 6.45) is 3.69. The molecule has 0 aliphatic heterocycles. The molecule has 1 N–H and O–H groups in total. The second-order valence-electron chi connectivity index (χ2n) is 4.75. The van der Waals surface area contributed by atoms with E-state index in [9.17, 15) is 0 Å². The van der Waals surface area contributed by atoms with Crippen LogP contribution in [-0.4, -0.2) is 22.0 Å². The molecular weight excluding hydrogens is 248 g/mol. The zero-order chi connectivity index (χ0) is 14.1. The fraction of sp³-hybridized carbons (Fsp3) is 0.188. The third-order valence-electron chi connectivity index (χ3n) is 3.43. The molecule has 0 unspecified atom stereocenters. The number of benzene rings is 1. The van der Waals surface area contributed by atoms with Crippen LogP contribution >= 0.6 is 0 Å². The first-order valence-electron chi connectivity index (χ1n) is 6.57. The van der Waals surface area contributed by atoms with E-state index in [1.807, 2.05) is 45.4 Å². The lowest BCUT2D eigenvalue weighted by Gasteiger charge is -2.12. The second kappa shape index (κ2) is 4.89. The van der Waals surface area contributed by atoms with Crippen LogP contribution in [0.2, 0.25) is 0 Å². The molecule has 2 heterocycles. The van der Waals surface area contributed by atoms with E-state index in [-0.39, 0.29) is 0 Å². The van der Waals surface area contributed by atoms with Gasteiger partial charge in [0.2, 0.25) is 0 Å². The van der Waals surface area contributed by atoms with Crippen molar-refractivity contribution in [2.45, 2.75) is 13.8 Å². The first-order chi connectivity index (χ1) is 9.70. The normalized spacial score (nSPS) is 10.8. The Morgan fingerprint density at radius 3 is 2.70 bits per heavy atom. The Morgan fingerprint density at radius 2 is 1.90 bits per heavy atom. The van der Waals surface area contributed by atoms with Crippen LogP contribution in [0.3, 0.4) is 0 Å². The Bertz CT molecular complexity index is 775. The molecule has 1 aromatic carbocycles. The molecule has 0 atom stereocenters. The molecule has 3 aromatic rings. The van der Waals surface area contributed by atoms with Gasteiger partial charge in [-0.15, -0.1) is 0 Å². The average Bonchev–Trinajstić information content (AvgIpc) is 2.48. The molecule has 0 bridgehead atoms. The Hall–Kier alpha value is -2.49. The summed E-state index contributed by atoms with van der Waals surface area (Å²) in [7, 11) is 1.88. The molecule has 0 radical (unpaired) electrons. The van der Waals surface area contributed by atoms with Gasteiger partial charge in [0.15, 0.2) is 0 Å². The van der Waals surface area contributed by atoms with Gasteiger partial charge >= 0.3 is 0 Å². The quantitative estimate of drug-likeness (QED) is 0.771. The number of anilines is 1. The summed E-state index contributed by atoms with van der Waals surface area (Å²) in [5.41, 5.74) is 3.14. The molecule has 4 heteroatoms. The number of hydrogen-bond donors (Lipinski definition) is 1. The van der Waals surface area contributed by atoms with E-state index in [0.29, 0.717) is 0 Å². The van der Waals surface area contributed by atoms with Crippen LogP contribution in [0.1, 0.15) is 11.4 Å². The maximum Gasteiger partial charge on any atom is 0.132 e. The highest BCUT2D eigenvalue weighted by molar-refractivity contribution is 5.96. The fourth-order valence-electron chi connectivity index (χ4n) is 2.46. The summed E-state index contributed by atoms with van der Waals surface area (Å²) in [4.78, 5) is 13.2. The number of rotatable bonds is 2. The van der Waals surface area contributed by atoms with Crippen molar-refractivity contribution in [1.82, 2.24) is 15.0 Å². The van der Waals surface area contributed by atoms with Gasteiger partial charge in [0.1, 0.15) is 11.6 Å². The highest BCUT2D eigenvalue weighted by Crippen LogP contribution is 2.31. The Morgan fingerprint density at radius 1 is 1.05 bits per heavy atom. The smallest absolute Gasteiger partial charge is 0.132 e. The van der Waals surface area contributed by atoms with Crippen molar-refractivity contribution in [2.75, 3.05) is 12.4 Å². The van der Waals surface area contributed by atoms with E-state index in [0.717, 1.165) is 39.2 Å². The Balaban J connectivity index is 2.34. The van der Waals surface area contributed by atoms with Crippen LogP contribution in [0, 0.1) is 13.8 Å². The summed E-state index contributed by atoms with van der Waals surface area (Å²) >= 11 is 0. The van der Waals surface area contributed by atoms with Crippen molar-refractivity contribution >= 4 is 16.6 Å². The number of hydrogen-bond acceptors (Lipinski definition) is 4. The molecule has 0 saturated carbocycles. The lowest BCUT2D eigenvalue weighted by molar-refractivity contribution is 1.04. The zero-order valence-corrected chi connectivity index (χ0v) is 11.8. The van der Waals surface area contributed by atoms with Gasteiger partial charge in [0, 0.05) is 36.0 Å². The van der Waals surface area contributed by atoms with E-state index >= 15 is 0 Å². The van der Waals surface area contributed by atoms with Crippen molar-refractivity contribution in [2.24, 2.45) is 0 Å². The van der Waals surface area contributed by atoms with E-state index in [4.69, 9.17) is 0 Å². The molecule has 2 aromatic heterocycles. The molecule has 0 spiro atoms. The molecule has 4 nitrogen and oxygen atoms in total. The van der Waals surface area contributed by atoms with Crippen LogP contribution in [0.15, 0.2) is 36.7 Å². The van der Waals surface area contributed by atoms with Crippen LogP contribution in [0.5, 0.6) is 0 Å². The predicted molar refractivity (Wildman–Crippen MR) is 81.8 cm³/mol. The van der Waals surface area contributed by atoms with Gasteiger partial charge in [-0.05, 0) is 25.3 Å². The van der Waals surface area contributed by atoms with Gasteiger partial charge < -0.3 is 5.32 Å². The highest BCUT2D eigenvalue weighted by atomic mass is 15.0. The molecule has 0 saturated heterocycles. The predicted octanol–water partition coefficient (Wildman–Crippen LogP) is 3.35. The topological polar surface area (TPSA) is 50.7 Å². The van der Waals surface area contributed by atoms with E-state index in [2.05, 4.69) is 32.4 Å². The van der Waals surface area contributed by atoms with E-state index in [1.54, 1.807) is 0 Å². The summed E-state index contributed by atoms with van der Waals surface area (Å²) in [5.74, 6) is 1.64. The minimum atomic E-state index is 0.765. The minimum absolute atomic E-state index is 0.765. The number of pyridine rings is 1. The number of aryl methyl sites for hydroxylation is 1. The van der Waals surface area contributed by atoms with Gasteiger partial charge in [0.05, 0.1) is 5.69 Å². The maximum absolute atomic E-state index is 4.63. The van der Waals surface area contributed by atoms with Crippen molar-refractivity contribution in [3.8, 4) is 11.3 Å². The van der Waals surface area contributed by atoms with Gasteiger partial charge in [-0.25, -0.2) is 9.97 Å². The van der Waals surface area contributed by atoms with Crippen LogP contribution in [0.25, 0.3) is 22.0 Å². The van der Waals surface area contributed by atoms with Crippen LogP contribution < -0.4 is 5.32 Å². The lowest BCUT2D eigenvalue weighted by atomic mass is 10.0. The first kappa shape index (κ1) is 12.5. The van der Waals surface area contributed by atoms with Gasteiger partial charge in [-0.1, -0.05) is 18.2 Å². The fourth-order valence-corrected chi connectivity index (χ4v) is 2.46. The zero-order valence-electron chi connectivity index (χ0n) is 11.8. The first-order valence-corrected chi connectivity index (χ1v) is 6.57. The van der Waals surface area contributed by atoms with Crippen molar-refractivity contribution in [1.29, 1.82) is 0 Å². The largest absolute Gasteiger partial charge is 0.373 e. The van der Waals surface area contributed by atoms with Gasteiger partial charge in [-0.2, -0.15) is 0 Å². The van der Waals surface area contributed by atoms with Crippen molar-refractivity contribution in [3.05, 3.63) is 48.0 Å². The second-order valence-corrected chi connectivity index (χ2v) is 4.75. The van der Waals surface area contributed by atoms with Crippen LogP contribution in [-0.2, 0) is 0 Å². The molecule has 0 aliphatic carbocycles. The molecular formula is C16H16N4. The van der Waals surface area contributed by atoms with Gasteiger partial charge in [-0.3, -0.25) is 4.98 Å². The van der Waals surface area contributed by atoms with E-state index in [1.165, 1.54) is 0 Å². The molecule has 0 aliphatic rings. The molecule has 100 valence electrons. The van der Waals surface area contributed by atoms with Gasteiger partial charge in [0.25, 0.3) is 0 Å².